The molecule has 38 heavy (non-hydrogen) atoms. The number of hydrogen-bond acceptors (Lipinski definition) is 3. The van der Waals surface area contributed by atoms with E-state index < -0.39 is 65.3 Å². The molecule has 21 heteroatoms. The molecule has 0 saturated heterocycles. The maximum absolute atomic E-state index is 13.3. The van der Waals surface area contributed by atoms with Crippen LogP contribution in [-0.2, 0) is 14.3 Å². The predicted molar refractivity (Wildman–Crippen MR) is 88.7 cm³/mol. The topological polar surface area (TPSA) is 63.6 Å². The number of hydrogen-bond donors (Lipinski definition) is 1. The molecule has 1 N–H and O–H groups in total. The summed E-state index contributed by atoms with van der Waals surface area (Å²) in [7, 11) is 0. The maximum atomic E-state index is 13.3. The van der Waals surface area contributed by atoms with Crippen molar-refractivity contribution >= 4 is 11.9 Å². The number of carboxylic acid groups (broad SMARTS) is 1. The lowest BCUT2D eigenvalue weighted by atomic mass is 9.90. The van der Waals surface area contributed by atoms with E-state index in [0.29, 0.717) is 13.3 Å². The molecular weight excluding hydrogens is 591 g/mol. The minimum atomic E-state index is -8.74. The summed E-state index contributed by atoms with van der Waals surface area (Å²) in [5.74, 6) is -54.5. The number of alkyl halides is 17. The first-order chi connectivity index (χ1) is 16.3. The van der Waals surface area contributed by atoms with E-state index in [1.165, 1.54) is 0 Å². The van der Waals surface area contributed by atoms with Crippen LogP contribution in [0.3, 0.4) is 0 Å². The monoisotopic (exact) mass is 604 g/mol. The van der Waals surface area contributed by atoms with Crippen LogP contribution < -0.4 is 0 Å². The molecule has 0 aliphatic heterocycles. The van der Waals surface area contributed by atoms with Gasteiger partial charge in [-0.15, -0.1) is 0 Å². The molecule has 0 saturated carbocycles. The van der Waals surface area contributed by atoms with Crippen LogP contribution >= 0.6 is 0 Å². The van der Waals surface area contributed by atoms with Gasteiger partial charge in [0.1, 0.15) is 0 Å². The Balaban J connectivity index is 0. The van der Waals surface area contributed by atoms with Gasteiger partial charge in [0.25, 0.3) is 0 Å². The van der Waals surface area contributed by atoms with E-state index >= 15 is 0 Å². The molecule has 0 aromatic heterocycles. The largest absolute Gasteiger partial charge is 0.478 e. The second-order valence-corrected chi connectivity index (χ2v) is 6.89. The molecule has 0 bridgehead atoms. The lowest BCUT2D eigenvalue weighted by Crippen LogP contribution is -2.74. The van der Waals surface area contributed by atoms with Crippen molar-refractivity contribution in [3.63, 3.8) is 0 Å². The van der Waals surface area contributed by atoms with E-state index in [0.717, 1.165) is 0 Å². The summed E-state index contributed by atoms with van der Waals surface area (Å²) in [6, 6.07) is 0. The first-order valence-corrected chi connectivity index (χ1v) is 8.77. The highest BCUT2D eigenvalue weighted by molar-refractivity contribution is 5.87. The van der Waals surface area contributed by atoms with Gasteiger partial charge < -0.3 is 9.84 Å². The van der Waals surface area contributed by atoms with Crippen molar-refractivity contribution in [2.24, 2.45) is 0 Å². The van der Waals surface area contributed by atoms with Gasteiger partial charge >= 0.3 is 59.8 Å². The van der Waals surface area contributed by atoms with Crippen LogP contribution in [0.25, 0.3) is 0 Å². The Bertz CT molecular complexity index is 918. The van der Waals surface area contributed by atoms with Gasteiger partial charge in [-0.25, -0.2) is 9.59 Å². The normalized spacial score (nSPS) is 14.3. The van der Waals surface area contributed by atoms with Crippen molar-refractivity contribution in [1.29, 1.82) is 0 Å². The molecule has 4 nitrogen and oxygen atoms in total. The fraction of sp³-hybridized carbons (Fsp3) is 0.647. The minimum absolute atomic E-state index is 0.264. The number of aliphatic carboxylic acids is 1. The Morgan fingerprint density at radius 1 is 0.632 bits per heavy atom. The highest BCUT2D eigenvalue weighted by Crippen LogP contribution is 2.64. The quantitative estimate of drug-likeness (QED) is 0.164. The fourth-order valence-electron chi connectivity index (χ4n) is 1.57. The molecule has 0 aromatic rings. The Morgan fingerprint density at radius 2 is 0.921 bits per heavy atom. The summed E-state index contributed by atoms with van der Waals surface area (Å²) in [5, 5.41) is 8.08. The summed E-state index contributed by atoms with van der Waals surface area (Å²) in [4.78, 5) is 20.6. The van der Waals surface area contributed by atoms with E-state index in [-0.39, 0.29) is 5.57 Å². The van der Waals surface area contributed by atoms with Crippen molar-refractivity contribution < 1.29 is 94.1 Å². The summed E-state index contributed by atoms with van der Waals surface area (Å²) < 4.78 is 221. The van der Waals surface area contributed by atoms with Gasteiger partial charge in [0.05, 0.1) is 0 Å². The van der Waals surface area contributed by atoms with Gasteiger partial charge in [-0.05, 0) is 13.3 Å². The first-order valence-electron chi connectivity index (χ1n) is 8.77. The molecule has 0 aliphatic rings. The molecule has 0 amide bonds. The zero-order chi connectivity index (χ0) is 31.7. The van der Waals surface area contributed by atoms with Crippen LogP contribution in [-0.4, -0.2) is 64.9 Å². The number of rotatable bonds is 10. The van der Waals surface area contributed by atoms with Crippen LogP contribution in [0.4, 0.5) is 74.6 Å². The molecule has 0 radical (unpaired) electrons. The number of carbonyl (C=O) groups is 2. The Morgan fingerprint density at radius 3 is 1.13 bits per heavy atom. The van der Waals surface area contributed by atoms with Gasteiger partial charge in [-0.2, -0.15) is 74.6 Å². The molecule has 0 spiro atoms. The summed E-state index contributed by atoms with van der Waals surface area (Å²) in [5.41, 5.74) is -1.03. The predicted octanol–water partition coefficient (Wildman–Crippen LogP) is 7.11. The second kappa shape index (κ2) is 10.8. The Labute approximate surface area is 199 Å². The first kappa shape index (κ1) is 37.4. The zero-order valence-corrected chi connectivity index (χ0v) is 18.2. The average molecular weight is 604 g/mol. The minimum Gasteiger partial charge on any atom is -0.478 e. The fourth-order valence-corrected chi connectivity index (χ4v) is 1.57. The summed E-state index contributed by atoms with van der Waals surface area (Å²) >= 11 is 0. The zero-order valence-electron chi connectivity index (χ0n) is 18.2. The Kier molecular flexibility index (Phi) is 10.6. The number of carboxylic acids is 1. The van der Waals surface area contributed by atoms with Gasteiger partial charge in [0.2, 0.25) is 0 Å². The molecule has 0 rings (SSSR count). The second-order valence-electron chi connectivity index (χ2n) is 6.89. The molecule has 0 unspecified atom stereocenters. The SMILES string of the molecule is C=C(C)C(=O)OC(F)(F)C(F)(F)C(F)(F)C(F)(F)C(F)(F)C(F)(F)C(F)(F)C(F)(F)F.C=C(CC)C(=O)O. The van der Waals surface area contributed by atoms with Crippen molar-refractivity contribution in [2.75, 3.05) is 0 Å². The summed E-state index contributed by atoms with van der Waals surface area (Å²) in [6.07, 6.45) is -14.5. The van der Waals surface area contributed by atoms with Crippen LogP contribution in [0.2, 0.25) is 0 Å². The van der Waals surface area contributed by atoms with E-state index in [2.05, 4.69) is 17.9 Å². The van der Waals surface area contributed by atoms with Crippen molar-refractivity contribution in [3.8, 4) is 0 Å². The number of ether oxygens (including phenoxy) is 1. The summed E-state index contributed by atoms with van der Waals surface area (Å²) in [6.45, 7) is 7.88. The lowest BCUT2D eigenvalue weighted by molar-refractivity contribution is -0.473. The van der Waals surface area contributed by atoms with Crippen molar-refractivity contribution in [1.82, 2.24) is 0 Å². The third-order valence-electron chi connectivity index (χ3n) is 3.99. The van der Waals surface area contributed by atoms with Crippen LogP contribution in [0.15, 0.2) is 24.3 Å². The number of carbonyl (C=O) groups excluding carboxylic acids is 1. The van der Waals surface area contributed by atoms with E-state index in [1.54, 1.807) is 6.92 Å². The molecule has 0 aliphatic carbocycles. The van der Waals surface area contributed by atoms with Gasteiger partial charge in [0, 0.05) is 11.1 Å². The van der Waals surface area contributed by atoms with Crippen LogP contribution in [0.5, 0.6) is 0 Å². The molecule has 0 aromatic carbocycles. The van der Waals surface area contributed by atoms with E-state index in [1.807, 2.05) is 0 Å². The third kappa shape index (κ3) is 6.10. The molecule has 0 atom stereocenters. The van der Waals surface area contributed by atoms with Crippen molar-refractivity contribution in [3.05, 3.63) is 24.3 Å². The standard InChI is InChI=1S/C12H5F17O2.C5H8O2/c1-3(2)4(30)31-12(28,29)10(23,24)8(19,20)6(15,16)5(13,14)7(17,18)9(21,22)11(25,26)27;1-3-4(2)5(6)7/h1H2,2H3;2-3H2,1H3,(H,6,7). The highest BCUT2D eigenvalue weighted by atomic mass is 19.4. The molecule has 0 fully saturated rings. The third-order valence-corrected chi connectivity index (χ3v) is 3.99. The van der Waals surface area contributed by atoms with Gasteiger partial charge in [-0.1, -0.05) is 20.1 Å². The van der Waals surface area contributed by atoms with Crippen LogP contribution in [0, 0.1) is 0 Å². The molecular formula is C17H13F17O4. The van der Waals surface area contributed by atoms with Gasteiger partial charge in [0.15, 0.2) is 0 Å². The average Bonchev–Trinajstić information content (AvgIpc) is 2.71. The number of halogens is 17. The molecule has 0 heterocycles. The Hall–Kier alpha value is -2.77. The van der Waals surface area contributed by atoms with Crippen molar-refractivity contribution in [2.45, 2.75) is 68.1 Å². The maximum Gasteiger partial charge on any atom is 0.473 e. The van der Waals surface area contributed by atoms with Gasteiger partial charge in [-0.3, -0.25) is 0 Å². The van der Waals surface area contributed by atoms with Crippen LogP contribution in [0.1, 0.15) is 20.3 Å². The van der Waals surface area contributed by atoms with E-state index in [4.69, 9.17) is 5.11 Å². The highest BCUT2D eigenvalue weighted by Gasteiger charge is 2.95. The number of esters is 1. The lowest BCUT2D eigenvalue weighted by Gasteiger charge is -2.42. The molecule has 224 valence electrons. The smallest absolute Gasteiger partial charge is 0.473 e. The van der Waals surface area contributed by atoms with E-state index in [9.17, 15) is 84.2 Å².